The number of nitrogens with two attached hydrogens (primary N) is 1. The molecule has 0 saturated heterocycles. The van der Waals surface area contributed by atoms with E-state index in [0.29, 0.717) is 11.9 Å². The number of carbonyl (C=O) groups excluding carboxylic acids is 1. The fourth-order valence-corrected chi connectivity index (χ4v) is 3.34. The van der Waals surface area contributed by atoms with Crippen LogP contribution in [0.4, 0.5) is 0 Å². The van der Waals surface area contributed by atoms with Crippen LogP contribution in [0.25, 0.3) is 10.9 Å². The molecule has 1 aromatic carbocycles. The summed E-state index contributed by atoms with van der Waals surface area (Å²) in [5.41, 5.74) is 7.15. The number of carbonyl (C=O) groups is 1. The first-order chi connectivity index (χ1) is 12.6. The Kier molecular flexibility index (Phi) is 4.93. The van der Waals surface area contributed by atoms with Gasteiger partial charge in [-0.1, -0.05) is 30.9 Å². The van der Waals surface area contributed by atoms with Gasteiger partial charge in [0.25, 0.3) is 5.91 Å². The van der Waals surface area contributed by atoms with E-state index in [9.17, 15) is 14.7 Å². The van der Waals surface area contributed by atoms with E-state index in [-0.39, 0.29) is 18.0 Å². The van der Waals surface area contributed by atoms with Gasteiger partial charge < -0.3 is 20.7 Å². The molecule has 1 amide bonds. The molecule has 0 spiro atoms. The van der Waals surface area contributed by atoms with Crippen LogP contribution in [0.5, 0.6) is 5.88 Å². The molecule has 0 saturated carbocycles. The molecule has 1 aromatic heterocycles. The van der Waals surface area contributed by atoms with E-state index in [1.807, 2.05) is 12.1 Å². The van der Waals surface area contributed by atoms with Crippen molar-refractivity contribution in [3.8, 4) is 5.88 Å². The highest BCUT2D eigenvalue weighted by molar-refractivity contribution is 6.00. The van der Waals surface area contributed by atoms with E-state index in [2.05, 4.69) is 11.9 Å². The smallest absolute Gasteiger partial charge is 0.261 e. The van der Waals surface area contributed by atoms with Gasteiger partial charge in [-0.2, -0.15) is 0 Å². The van der Waals surface area contributed by atoms with Gasteiger partial charge in [-0.25, -0.2) is 0 Å². The van der Waals surface area contributed by atoms with Crippen molar-refractivity contribution in [2.45, 2.75) is 19.4 Å². The molecule has 2 aromatic rings. The molecule has 1 aliphatic rings. The molecular formula is C20H21N3O3. The zero-order valence-corrected chi connectivity index (χ0v) is 14.4. The number of nitrogens with one attached hydrogen (secondary N) is 1. The summed E-state index contributed by atoms with van der Waals surface area (Å²) >= 11 is 0. The van der Waals surface area contributed by atoms with Gasteiger partial charge in [-0.3, -0.25) is 9.59 Å². The van der Waals surface area contributed by atoms with Crippen molar-refractivity contribution >= 4 is 16.8 Å². The quantitative estimate of drug-likeness (QED) is 0.718. The van der Waals surface area contributed by atoms with Crippen molar-refractivity contribution in [2.75, 3.05) is 6.54 Å². The minimum atomic E-state index is -0.616. The van der Waals surface area contributed by atoms with Gasteiger partial charge in [0.2, 0.25) is 11.3 Å². The number of benzene rings is 1. The maximum Gasteiger partial charge on any atom is 0.261 e. The van der Waals surface area contributed by atoms with Crippen LogP contribution in [0.1, 0.15) is 22.3 Å². The van der Waals surface area contributed by atoms with E-state index in [0.717, 1.165) is 29.5 Å². The molecule has 0 atom stereocenters. The largest absolute Gasteiger partial charge is 0.494 e. The van der Waals surface area contributed by atoms with Crippen molar-refractivity contribution in [1.82, 2.24) is 9.88 Å². The molecule has 0 bridgehead atoms. The Balaban J connectivity index is 2.03. The lowest BCUT2D eigenvalue weighted by Crippen LogP contribution is -2.32. The second-order valence-corrected chi connectivity index (χ2v) is 6.12. The normalized spacial score (nSPS) is 13.9. The number of pyridine rings is 1. The fourth-order valence-electron chi connectivity index (χ4n) is 3.34. The maximum atomic E-state index is 12.8. The zero-order valence-electron chi connectivity index (χ0n) is 14.4. The summed E-state index contributed by atoms with van der Waals surface area (Å²) in [6.45, 7) is 4.34. The van der Waals surface area contributed by atoms with Crippen LogP contribution in [0.3, 0.4) is 0 Å². The van der Waals surface area contributed by atoms with E-state index < -0.39 is 11.3 Å². The van der Waals surface area contributed by atoms with Gasteiger partial charge in [-0.15, -0.1) is 0 Å². The van der Waals surface area contributed by atoms with Gasteiger partial charge in [0.05, 0.1) is 5.52 Å². The van der Waals surface area contributed by atoms with Crippen LogP contribution in [0, 0.1) is 0 Å². The van der Waals surface area contributed by atoms with Gasteiger partial charge in [-0.05, 0) is 42.3 Å². The van der Waals surface area contributed by atoms with Crippen LogP contribution in [-0.2, 0) is 13.0 Å². The van der Waals surface area contributed by atoms with Crippen molar-refractivity contribution in [2.24, 2.45) is 5.73 Å². The summed E-state index contributed by atoms with van der Waals surface area (Å²) in [6.07, 6.45) is 7.96. The molecule has 26 heavy (non-hydrogen) atoms. The lowest BCUT2D eigenvalue weighted by molar-refractivity contribution is 0.0952. The number of amides is 1. The number of hydrogen-bond donors (Lipinski definition) is 3. The molecule has 0 fully saturated rings. The SMILES string of the molecule is C=C/C=C(\C=C/N)CNC(=O)c1c(O)n2c3c(cccc3c1=O)CCC2. The van der Waals surface area contributed by atoms with E-state index in [4.69, 9.17) is 5.73 Å². The Bertz CT molecular complexity index is 1000. The molecule has 0 aliphatic carbocycles. The van der Waals surface area contributed by atoms with Crippen LogP contribution in [0.2, 0.25) is 0 Å². The molecule has 6 nitrogen and oxygen atoms in total. The predicted octanol–water partition coefficient (Wildman–Crippen LogP) is 1.97. The third kappa shape index (κ3) is 3.01. The Hall–Kier alpha value is -3.28. The van der Waals surface area contributed by atoms with Crippen molar-refractivity contribution in [1.29, 1.82) is 0 Å². The minimum Gasteiger partial charge on any atom is -0.494 e. The summed E-state index contributed by atoms with van der Waals surface area (Å²) in [4.78, 5) is 25.5. The van der Waals surface area contributed by atoms with Gasteiger partial charge in [0.15, 0.2) is 0 Å². The summed E-state index contributed by atoms with van der Waals surface area (Å²) in [5.74, 6) is -0.898. The summed E-state index contributed by atoms with van der Waals surface area (Å²) in [7, 11) is 0. The zero-order chi connectivity index (χ0) is 18.7. The second-order valence-electron chi connectivity index (χ2n) is 6.12. The van der Waals surface area contributed by atoms with Gasteiger partial charge in [0.1, 0.15) is 5.56 Å². The van der Waals surface area contributed by atoms with E-state index >= 15 is 0 Å². The number of aromatic nitrogens is 1. The minimum absolute atomic E-state index is 0.162. The van der Waals surface area contributed by atoms with E-state index in [1.165, 1.54) is 6.20 Å². The summed E-state index contributed by atoms with van der Waals surface area (Å²) in [5, 5.41) is 13.7. The molecule has 0 radical (unpaired) electrons. The summed E-state index contributed by atoms with van der Waals surface area (Å²) in [6, 6.07) is 5.45. The third-order valence-electron chi connectivity index (χ3n) is 4.49. The average Bonchev–Trinajstić information content (AvgIpc) is 2.64. The molecule has 3 rings (SSSR count). The monoisotopic (exact) mass is 351 g/mol. The van der Waals surface area contributed by atoms with Crippen molar-refractivity contribution < 1.29 is 9.90 Å². The number of rotatable bonds is 5. The first-order valence-corrected chi connectivity index (χ1v) is 8.44. The van der Waals surface area contributed by atoms with Crippen molar-refractivity contribution in [3.05, 3.63) is 76.1 Å². The first kappa shape index (κ1) is 17.5. The average molecular weight is 351 g/mol. The van der Waals surface area contributed by atoms with Gasteiger partial charge in [0, 0.05) is 18.5 Å². The lowest BCUT2D eigenvalue weighted by atomic mass is 9.99. The molecule has 6 heteroatoms. The van der Waals surface area contributed by atoms with E-state index in [1.54, 1.807) is 28.9 Å². The number of allylic oxidation sites excluding steroid dienone is 2. The van der Waals surface area contributed by atoms with Crippen LogP contribution < -0.4 is 16.5 Å². The predicted molar refractivity (Wildman–Crippen MR) is 102 cm³/mol. The Morgan fingerprint density at radius 2 is 2.23 bits per heavy atom. The second kappa shape index (κ2) is 7.31. The summed E-state index contributed by atoms with van der Waals surface area (Å²) < 4.78 is 1.66. The number of aromatic hydroxyl groups is 1. The topological polar surface area (TPSA) is 97.3 Å². The number of para-hydroxylation sites is 1. The highest BCUT2D eigenvalue weighted by atomic mass is 16.3. The Morgan fingerprint density at radius 3 is 2.96 bits per heavy atom. The van der Waals surface area contributed by atoms with Crippen LogP contribution in [-0.4, -0.2) is 22.1 Å². The number of nitrogens with zero attached hydrogens (tertiary/aromatic N) is 1. The molecule has 0 unspecified atom stereocenters. The Morgan fingerprint density at radius 1 is 1.42 bits per heavy atom. The van der Waals surface area contributed by atoms with Crippen LogP contribution in [0.15, 0.2) is 59.6 Å². The first-order valence-electron chi connectivity index (χ1n) is 8.44. The number of aryl methyl sites for hydroxylation is 2. The standard InChI is InChI=1S/C20H21N3O3/c1-2-5-13(9-10-21)12-22-19(25)16-18(24)15-8-3-6-14-7-4-11-23(17(14)15)20(16)26/h2-3,5-6,8-10,26H,1,4,7,11-12,21H2,(H,22,25)/b10-9-,13-5+. The lowest BCUT2D eigenvalue weighted by Gasteiger charge is -2.22. The molecule has 134 valence electrons. The molecular weight excluding hydrogens is 330 g/mol. The van der Waals surface area contributed by atoms with Crippen molar-refractivity contribution in [3.63, 3.8) is 0 Å². The maximum absolute atomic E-state index is 12.8. The van der Waals surface area contributed by atoms with Crippen LogP contribution >= 0.6 is 0 Å². The molecule has 1 aliphatic heterocycles. The molecule has 2 heterocycles. The van der Waals surface area contributed by atoms with Gasteiger partial charge >= 0.3 is 0 Å². The third-order valence-corrected chi connectivity index (χ3v) is 4.49. The molecule has 4 N–H and O–H groups in total. The fraction of sp³-hybridized carbons (Fsp3) is 0.200. The Labute approximate surface area is 150 Å². The number of hydrogen-bond acceptors (Lipinski definition) is 4. The highest BCUT2D eigenvalue weighted by Crippen LogP contribution is 2.29. The highest BCUT2D eigenvalue weighted by Gasteiger charge is 2.24.